The number of benzene rings is 1. The number of carbonyl (C=O) groups excluding carboxylic acids is 1. The molecule has 2 aromatic rings. The van der Waals surface area contributed by atoms with Gasteiger partial charge in [-0.1, -0.05) is 51.3 Å². The first-order valence-electron chi connectivity index (χ1n) is 9.90. The van der Waals surface area contributed by atoms with Crippen molar-refractivity contribution in [3.8, 4) is 11.6 Å². The zero-order valence-corrected chi connectivity index (χ0v) is 17.1. The normalized spacial score (nSPS) is 11.5. The van der Waals surface area contributed by atoms with E-state index in [0.29, 0.717) is 12.1 Å². The molecule has 1 aromatic carbocycles. The number of rotatable bonds is 9. The predicted molar refractivity (Wildman–Crippen MR) is 113 cm³/mol. The highest BCUT2D eigenvalue weighted by Crippen LogP contribution is 2.20. The molecule has 3 N–H and O–H groups in total. The molecule has 1 heterocycles. The van der Waals surface area contributed by atoms with Gasteiger partial charge in [-0.05, 0) is 31.4 Å². The Hall–Kier alpha value is -3.16. The van der Waals surface area contributed by atoms with E-state index in [4.69, 9.17) is 0 Å². The molecule has 8 heteroatoms. The molecule has 29 heavy (non-hydrogen) atoms. The molecule has 8 nitrogen and oxygen atoms in total. The van der Waals surface area contributed by atoms with Gasteiger partial charge in [-0.15, -0.1) is 0 Å². The van der Waals surface area contributed by atoms with Crippen molar-refractivity contribution in [3.63, 3.8) is 0 Å². The van der Waals surface area contributed by atoms with Crippen molar-refractivity contribution in [3.05, 3.63) is 56.2 Å². The van der Waals surface area contributed by atoms with E-state index in [2.05, 4.69) is 22.4 Å². The van der Waals surface area contributed by atoms with Crippen LogP contribution >= 0.6 is 0 Å². The summed E-state index contributed by atoms with van der Waals surface area (Å²) in [7, 11) is 0. The number of nitrogens with one attached hydrogen (secondary N) is 2. The Bertz CT molecular complexity index is 1000. The van der Waals surface area contributed by atoms with E-state index >= 15 is 0 Å². The highest BCUT2D eigenvalue weighted by atomic mass is 16.3. The summed E-state index contributed by atoms with van der Waals surface area (Å²) in [5, 5.41) is 14.8. The van der Waals surface area contributed by atoms with Gasteiger partial charge in [0.25, 0.3) is 5.56 Å². The first kappa shape index (κ1) is 22.1. The van der Waals surface area contributed by atoms with Crippen molar-refractivity contribution < 1.29 is 9.90 Å². The number of aromatic nitrogens is 2. The van der Waals surface area contributed by atoms with Gasteiger partial charge in [-0.3, -0.25) is 14.6 Å². The monoisotopic (exact) mass is 400 g/mol. The van der Waals surface area contributed by atoms with E-state index in [0.717, 1.165) is 35.8 Å². The lowest BCUT2D eigenvalue weighted by Gasteiger charge is -2.14. The summed E-state index contributed by atoms with van der Waals surface area (Å²) < 4.78 is 1.03. The standard InChI is InChI=1S/C21H28N4O4/c1-4-6-7-8-13-17(26)24-23-15(5-2)18-19(27)22-21(29)25(20(18)28)16-12-10-9-11-14(16)3/h9-12,28H,4-8,13H2,1-3H3,(H,24,26)(H,22,27,29)/b23-15+. The van der Waals surface area contributed by atoms with E-state index in [1.807, 2.05) is 6.07 Å². The van der Waals surface area contributed by atoms with Crippen LogP contribution in [0.3, 0.4) is 0 Å². The molecule has 0 unspecified atom stereocenters. The third-order valence-corrected chi connectivity index (χ3v) is 4.64. The second-order valence-electron chi connectivity index (χ2n) is 6.84. The van der Waals surface area contributed by atoms with E-state index in [1.165, 1.54) is 0 Å². The summed E-state index contributed by atoms with van der Waals surface area (Å²) >= 11 is 0. The van der Waals surface area contributed by atoms with Crippen LogP contribution in [0.15, 0.2) is 39.0 Å². The van der Waals surface area contributed by atoms with Gasteiger partial charge in [-0.25, -0.2) is 14.8 Å². The number of carbonyl (C=O) groups is 1. The molecule has 156 valence electrons. The van der Waals surface area contributed by atoms with Crippen LogP contribution in [0.25, 0.3) is 5.69 Å². The van der Waals surface area contributed by atoms with Gasteiger partial charge >= 0.3 is 5.69 Å². The number of aryl methyl sites for hydroxylation is 1. The molecule has 0 aliphatic heterocycles. The van der Waals surface area contributed by atoms with Crippen molar-refractivity contribution in [1.82, 2.24) is 15.0 Å². The zero-order chi connectivity index (χ0) is 21.4. The second-order valence-corrected chi connectivity index (χ2v) is 6.84. The minimum atomic E-state index is -0.755. The first-order chi connectivity index (χ1) is 13.9. The summed E-state index contributed by atoms with van der Waals surface area (Å²) in [5.41, 5.74) is 2.19. The Morgan fingerprint density at radius 1 is 1.17 bits per heavy atom. The lowest BCUT2D eigenvalue weighted by Crippen LogP contribution is -2.34. The molecule has 0 fully saturated rings. The van der Waals surface area contributed by atoms with Crippen molar-refractivity contribution in [2.24, 2.45) is 5.10 Å². The van der Waals surface area contributed by atoms with E-state index in [1.54, 1.807) is 32.0 Å². The molecule has 2 rings (SSSR count). The van der Waals surface area contributed by atoms with Crippen LogP contribution < -0.4 is 16.7 Å². The Balaban J connectivity index is 2.38. The summed E-state index contributed by atoms with van der Waals surface area (Å²) in [6.45, 7) is 5.63. The molecule has 0 aliphatic rings. The maximum atomic E-state index is 12.4. The van der Waals surface area contributed by atoms with Crippen molar-refractivity contribution in [1.29, 1.82) is 0 Å². The lowest BCUT2D eigenvalue weighted by atomic mass is 10.1. The topological polar surface area (TPSA) is 117 Å². The minimum Gasteiger partial charge on any atom is -0.493 e. The van der Waals surface area contributed by atoms with Gasteiger partial charge in [0.1, 0.15) is 5.56 Å². The molecule has 1 aromatic heterocycles. The van der Waals surface area contributed by atoms with Crippen LogP contribution in [0.2, 0.25) is 0 Å². The van der Waals surface area contributed by atoms with Crippen molar-refractivity contribution >= 4 is 11.6 Å². The number of H-pyrrole nitrogens is 1. The molecular weight excluding hydrogens is 372 g/mol. The first-order valence-corrected chi connectivity index (χ1v) is 9.90. The zero-order valence-electron chi connectivity index (χ0n) is 17.1. The maximum absolute atomic E-state index is 12.4. The Morgan fingerprint density at radius 3 is 2.55 bits per heavy atom. The number of amides is 1. The molecule has 0 saturated carbocycles. The van der Waals surface area contributed by atoms with Crippen LogP contribution in [0, 0.1) is 6.92 Å². The molecule has 0 spiro atoms. The second kappa shape index (κ2) is 10.4. The number of nitrogens with zero attached hydrogens (tertiary/aromatic N) is 2. The largest absolute Gasteiger partial charge is 0.493 e. The number of unbranched alkanes of at least 4 members (excludes halogenated alkanes) is 3. The molecule has 0 radical (unpaired) electrons. The summed E-state index contributed by atoms with van der Waals surface area (Å²) in [6, 6.07) is 6.99. The number of para-hydroxylation sites is 1. The molecular formula is C21H28N4O4. The summed E-state index contributed by atoms with van der Waals surface area (Å²) in [6.07, 6.45) is 4.50. The van der Waals surface area contributed by atoms with E-state index in [-0.39, 0.29) is 23.6 Å². The number of aromatic amines is 1. The fourth-order valence-corrected chi connectivity index (χ4v) is 3.03. The third kappa shape index (κ3) is 5.43. The van der Waals surface area contributed by atoms with Gasteiger partial charge in [0, 0.05) is 6.42 Å². The quantitative estimate of drug-likeness (QED) is 0.341. The molecule has 0 bridgehead atoms. The Kier molecular flexibility index (Phi) is 7.94. The molecule has 0 saturated heterocycles. The molecule has 0 aliphatic carbocycles. The number of hydrogen-bond donors (Lipinski definition) is 3. The molecule has 1 amide bonds. The Morgan fingerprint density at radius 2 is 1.90 bits per heavy atom. The van der Waals surface area contributed by atoms with Gasteiger partial charge in [0.15, 0.2) is 0 Å². The molecule has 0 atom stereocenters. The SMILES string of the molecule is CCCCCCC(=O)N/N=C(\CC)c1c(O)n(-c2ccccc2C)c(=O)[nH]c1=O. The summed E-state index contributed by atoms with van der Waals surface area (Å²) in [4.78, 5) is 39.0. The maximum Gasteiger partial charge on any atom is 0.335 e. The fourth-order valence-electron chi connectivity index (χ4n) is 3.03. The van der Waals surface area contributed by atoms with Crippen LogP contribution in [-0.2, 0) is 4.79 Å². The Labute approximate surface area is 169 Å². The van der Waals surface area contributed by atoms with Gasteiger partial charge in [0.2, 0.25) is 11.8 Å². The van der Waals surface area contributed by atoms with Gasteiger partial charge in [0.05, 0.1) is 11.4 Å². The number of aromatic hydroxyl groups is 1. The number of hydrogen-bond acceptors (Lipinski definition) is 5. The third-order valence-electron chi connectivity index (χ3n) is 4.64. The smallest absolute Gasteiger partial charge is 0.335 e. The predicted octanol–water partition coefficient (Wildman–Crippen LogP) is 2.74. The average molecular weight is 400 g/mol. The van der Waals surface area contributed by atoms with E-state index < -0.39 is 17.1 Å². The van der Waals surface area contributed by atoms with E-state index in [9.17, 15) is 19.5 Å². The summed E-state index contributed by atoms with van der Waals surface area (Å²) in [5.74, 6) is -0.763. The fraction of sp³-hybridized carbons (Fsp3) is 0.429. The van der Waals surface area contributed by atoms with Crippen LogP contribution in [-0.4, -0.2) is 26.3 Å². The van der Waals surface area contributed by atoms with Gasteiger partial charge < -0.3 is 5.11 Å². The van der Waals surface area contributed by atoms with Crippen LogP contribution in [0.4, 0.5) is 0 Å². The van der Waals surface area contributed by atoms with Crippen molar-refractivity contribution in [2.75, 3.05) is 0 Å². The lowest BCUT2D eigenvalue weighted by molar-refractivity contribution is -0.121. The highest BCUT2D eigenvalue weighted by molar-refractivity contribution is 6.02. The van der Waals surface area contributed by atoms with Crippen molar-refractivity contribution in [2.45, 2.75) is 59.3 Å². The van der Waals surface area contributed by atoms with Gasteiger partial charge in [-0.2, -0.15) is 5.10 Å². The highest BCUT2D eigenvalue weighted by Gasteiger charge is 2.20. The van der Waals surface area contributed by atoms with Crippen LogP contribution in [0.5, 0.6) is 5.88 Å². The van der Waals surface area contributed by atoms with Crippen LogP contribution in [0.1, 0.15) is 63.5 Å². The average Bonchev–Trinajstić information content (AvgIpc) is 2.69. The number of hydrazone groups is 1. The minimum absolute atomic E-state index is 0.137.